The van der Waals surface area contributed by atoms with Gasteiger partial charge in [0.1, 0.15) is 0 Å². The second-order valence-corrected chi connectivity index (χ2v) is 8.21. The van der Waals surface area contributed by atoms with Crippen molar-refractivity contribution in [1.82, 2.24) is 10.2 Å². The Bertz CT molecular complexity index is 974. The summed E-state index contributed by atoms with van der Waals surface area (Å²) in [5.74, 6) is 0.481. The number of nitrogens with zero attached hydrogens (tertiary/aromatic N) is 3. The minimum atomic E-state index is -0.128. The first-order valence-corrected chi connectivity index (χ1v) is 10.9. The number of hydrogen-bond acceptors (Lipinski definition) is 7. The summed E-state index contributed by atoms with van der Waals surface area (Å²) in [7, 11) is 0. The molecule has 0 bridgehead atoms. The molecule has 150 valence electrons. The van der Waals surface area contributed by atoms with Gasteiger partial charge in [0.2, 0.25) is 11.8 Å². The van der Waals surface area contributed by atoms with Gasteiger partial charge < -0.3 is 19.4 Å². The van der Waals surface area contributed by atoms with Crippen LogP contribution in [0.1, 0.15) is 0 Å². The van der Waals surface area contributed by atoms with Gasteiger partial charge in [0.15, 0.2) is 0 Å². The van der Waals surface area contributed by atoms with Gasteiger partial charge in [0.05, 0.1) is 19.0 Å². The molecule has 0 saturated carbocycles. The molecule has 1 fully saturated rings. The number of carbonyl (C=O) groups is 1. The molecule has 0 aliphatic carbocycles. The number of rotatable bonds is 6. The summed E-state index contributed by atoms with van der Waals surface area (Å²) in [6.45, 7) is 3.26. The Hall–Kier alpha value is -2.36. The zero-order valence-electron chi connectivity index (χ0n) is 15.5. The van der Waals surface area contributed by atoms with E-state index < -0.39 is 0 Å². The lowest BCUT2D eigenvalue weighted by molar-refractivity contribution is -0.113. The topological polar surface area (TPSA) is 80.5 Å². The number of amides is 1. The van der Waals surface area contributed by atoms with Crippen LogP contribution >= 0.6 is 27.7 Å². The van der Waals surface area contributed by atoms with Gasteiger partial charge in [-0.3, -0.25) is 4.79 Å². The molecule has 1 N–H and O–H groups in total. The van der Waals surface area contributed by atoms with E-state index in [2.05, 4.69) is 36.3 Å². The van der Waals surface area contributed by atoms with E-state index in [1.807, 2.05) is 48.5 Å². The summed E-state index contributed by atoms with van der Waals surface area (Å²) in [4.78, 5) is 14.5. The van der Waals surface area contributed by atoms with Crippen LogP contribution in [0.2, 0.25) is 0 Å². The number of morpholine rings is 1. The van der Waals surface area contributed by atoms with E-state index in [0.717, 1.165) is 47.7 Å². The molecule has 3 aromatic rings. The number of ether oxygens (including phenoxy) is 1. The number of anilines is 2. The van der Waals surface area contributed by atoms with Gasteiger partial charge in [-0.2, -0.15) is 0 Å². The molecule has 0 unspecified atom stereocenters. The molecule has 1 aliphatic rings. The second-order valence-electron chi connectivity index (χ2n) is 6.37. The first kappa shape index (κ1) is 19.9. The summed E-state index contributed by atoms with van der Waals surface area (Å²) in [5.41, 5.74) is 2.71. The SMILES string of the molecule is O=C(CSc1nnc(-c2cccc(Br)c2)o1)Nc1ccc(N2CCOCC2)cc1. The molecule has 1 amide bonds. The Labute approximate surface area is 181 Å². The van der Waals surface area contributed by atoms with Crippen LogP contribution in [0.15, 0.2) is 62.6 Å². The lowest BCUT2D eigenvalue weighted by Gasteiger charge is -2.28. The molecule has 29 heavy (non-hydrogen) atoms. The number of carbonyl (C=O) groups excluding carboxylic acids is 1. The van der Waals surface area contributed by atoms with Crippen LogP contribution in [-0.4, -0.2) is 48.2 Å². The Kier molecular flexibility index (Phi) is 6.48. The van der Waals surface area contributed by atoms with Crippen LogP contribution in [0.25, 0.3) is 11.5 Å². The number of halogens is 1. The summed E-state index contributed by atoms with van der Waals surface area (Å²) in [5, 5.41) is 11.3. The van der Waals surface area contributed by atoms with Gasteiger partial charge in [0, 0.05) is 34.5 Å². The number of hydrogen-bond donors (Lipinski definition) is 1. The zero-order valence-corrected chi connectivity index (χ0v) is 17.9. The largest absolute Gasteiger partial charge is 0.411 e. The minimum absolute atomic E-state index is 0.128. The maximum atomic E-state index is 12.2. The van der Waals surface area contributed by atoms with Crippen molar-refractivity contribution in [2.24, 2.45) is 0 Å². The van der Waals surface area contributed by atoms with Crippen molar-refractivity contribution in [3.05, 3.63) is 53.0 Å². The quantitative estimate of drug-likeness (QED) is 0.539. The van der Waals surface area contributed by atoms with Crippen LogP contribution in [0, 0.1) is 0 Å². The van der Waals surface area contributed by atoms with Crippen molar-refractivity contribution in [3.8, 4) is 11.5 Å². The Morgan fingerprint density at radius 3 is 2.69 bits per heavy atom. The van der Waals surface area contributed by atoms with E-state index >= 15 is 0 Å². The van der Waals surface area contributed by atoms with E-state index in [0.29, 0.717) is 11.1 Å². The van der Waals surface area contributed by atoms with E-state index in [1.54, 1.807) is 0 Å². The normalized spacial score (nSPS) is 14.0. The number of aromatic nitrogens is 2. The molecule has 1 aliphatic heterocycles. The molecular formula is C20H19BrN4O3S. The highest BCUT2D eigenvalue weighted by atomic mass is 79.9. The average Bonchev–Trinajstić information content (AvgIpc) is 3.23. The Balaban J connectivity index is 1.29. The van der Waals surface area contributed by atoms with Gasteiger partial charge in [-0.15, -0.1) is 10.2 Å². The highest BCUT2D eigenvalue weighted by molar-refractivity contribution is 9.10. The molecule has 0 radical (unpaired) electrons. The Morgan fingerprint density at radius 2 is 1.93 bits per heavy atom. The van der Waals surface area contributed by atoms with Crippen molar-refractivity contribution in [1.29, 1.82) is 0 Å². The lowest BCUT2D eigenvalue weighted by atomic mass is 10.2. The molecule has 2 aromatic carbocycles. The minimum Gasteiger partial charge on any atom is -0.411 e. The molecule has 1 saturated heterocycles. The second kappa shape index (κ2) is 9.43. The van der Waals surface area contributed by atoms with Crippen LogP contribution in [0.4, 0.5) is 11.4 Å². The maximum absolute atomic E-state index is 12.2. The Morgan fingerprint density at radius 1 is 1.14 bits per heavy atom. The molecule has 1 aromatic heterocycles. The van der Waals surface area contributed by atoms with Crippen molar-refractivity contribution < 1.29 is 13.9 Å². The number of thioether (sulfide) groups is 1. The average molecular weight is 475 g/mol. The third-order valence-corrected chi connectivity index (χ3v) is 5.64. The third kappa shape index (κ3) is 5.37. The monoisotopic (exact) mass is 474 g/mol. The standard InChI is InChI=1S/C20H19BrN4O3S/c21-15-3-1-2-14(12-15)19-23-24-20(28-19)29-13-18(26)22-16-4-6-17(7-5-16)25-8-10-27-11-9-25/h1-7,12H,8-11,13H2,(H,22,26). The number of benzene rings is 2. The van der Waals surface area contributed by atoms with Crippen LogP contribution in [0.3, 0.4) is 0 Å². The number of nitrogens with one attached hydrogen (secondary N) is 1. The maximum Gasteiger partial charge on any atom is 0.277 e. The predicted molar refractivity (Wildman–Crippen MR) is 116 cm³/mol. The van der Waals surface area contributed by atoms with Crippen LogP contribution < -0.4 is 10.2 Å². The van der Waals surface area contributed by atoms with Crippen molar-refractivity contribution in [3.63, 3.8) is 0 Å². The van der Waals surface area contributed by atoms with Gasteiger partial charge in [-0.1, -0.05) is 33.8 Å². The molecule has 0 atom stereocenters. The van der Waals surface area contributed by atoms with Gasteiger partial charge in [0.25, 0.3) is 5.22 Å². The van der Waals surface area contributed by atoms with Crippen LogP contribution in [0.5, 0.6) is 0 Å². The third-order valence-electron chi connectivity index (χ3n) is 4.33. The highest BCUT2D eigenvalue weighted by Gasteiger charge is 2.13. The van der Waals surface area contributed by atoms with E-state index in [9.17, 15) is 4.79 Å². The molecular weight excluding hydrogens is 456 g/mol. The summed E-state index contributed by atoms with van der Waals surface area (Å²) in [6, 6.07) is 15.4. The van der Waals surface area contributed by atoms with Gasteiger partial charge in [-0.05, 0) is 42.5 Å². The predicted octanol–water partition coefficient (Wildman–Crippen LogP) is 4.07. The van der Waals surface area contributed by atoms with Gasteiger partial charge >= 0.3 is 0 Å². The first-order valence-electron chi connectivity index (χ1n) is 9.12. The molecule has 4 rings (SSSR count). The van der Waals surface area contributed by atoms with E-state index in [1.165, 1.54) is 11.8 Å². The van der Waals surface area contributed by atoms with Crippen molar-refractivity contribution >= 4 is 45.0 Å². The molecule has 2 heterocycles. The first-order chi connectivity index (χ1) is 14.2. The fourth-order valence-corrected chi connectivity index (χ4v) is 3.87. The van der Waals surface area contributed by atoms with Crippen molar-refractivity contribution in [2.75, 3.05) is 42.3 Å². The summed E-state index contributed by atoms with van der Waals surface area (Å²) < 4.78 is 11.9. The lowest BCUT2D eigenvalue weighted by Crippen LogP contribution is -2.36. The summed E-state index contributed by atoms with van der Waals surface area (Å²) >= 11 is 4.63. The van der Waals surface area contributed by atoms with E-state index in [-0.39, 0.29) is 11.7 Å². The highest BCUT2D eigenvalue weighted by Crippen LogP contribution is 2.25. The van der Waals surface area contributed by atoms with Crippen molar-refractivity contribution in [2.45, 2.75) is 5.22 Å². The summed E-state index contributed by atoms with van der Waals surface area (Å²) in [6.07, 6.45) is 0. The fraction of sp³-hybridized carbons (Fsp3) is 0.250. The molecule has 7 nitrogen and oxygen atoms in total. The van der Waals surface area contributed by atoms with E-state index in [4.69, 9.17) is 9.15 Å². The zero-order chi connectivity index (χ0) is 20.1. The van der Waals surface area contributed by atoms with Gasteiger partial charge in [-0.25, -0.2) is 0 Å². The molecule has 9 heteroatoms. The van der Waals surface area contributed by atoms with Crippen LogP contribution in [-0.2, 0) is 9.53 Å². The smallest absolute Gasteiger partial charge is 0.277 e. The fourth-order valence-electron chi connectivity index (χ4n) is 2.91. The molecule has 0 spiro atoms.